The lowest BCUT2D eigenvalue weighted by Crippen LogP contribution is -2.62. The molecule has 1 aliphatic carbocycles. The van der Waals surface area contributed by atoms with Gasteiger partial charge in [-0.05, 0) is 94.2 Å². The van der Waals surface area contributed by atoms with Gasteiger partial charge < -0.3 is 19.1 Å². The number of rotatable bonds is 9. The van der Waals surface area contributed by atoms with Crippen LogP contribution in [0.15, 0.2) is 89.8 Å². The van der Waals surface area contributed by atoms with Gasteiger partial charge in [-0.1, -0.05) is 48.0 Å². The van der Waals surface area contributed by atoms with E-state index in [1.807, 2.05) is 52.4 Å². The molecule has 0 spiro atoms. The predicted molar refractivity (Wildman–Crippen MR) is 190 cm³/mol. The molecule has 0 radical (unpaired) electrons. The fourth-order valence-electron chi connectivity index (χ4n) is 7.50. The summed E-state index contributed by atoms with van der Waals surface area (Å²) in [4.78, 5) is 40.2. The summed E-state index contributed by atoms with van der Waals surface area (Å²) in [6.45, 7) is 4.36. The number of carbonyl (C=O) groups excluding carboxylic acids is 2. The number of ether oxygens (including phenoxy) is 1. The molecule has 0 saturated carbocycles. The highest BCUT2D eigenvalue weighted by molar-refractivity contribution is 9.10. The maximum absolute atomic E-state index is 14.9. The normalized spacial score (nSPS) is 21.0. The summed E-state index contributed by atoms with van der Waals surface area (Å²) in [6.07, 6.45) is 9.15. The number of hydrogen-bond donors (Lipinski definition) is 0. The Hall–Kier alpha value is -3.50. The van der Waals surface area contributed by atoms with E-state index >= 15 is 0 Å². The zero-order valence-corrected chi connectivity index (χ0v) is 29.4. The molecule has 8 nitrogen and oxygen atoms in total. The van der Waals surface area contributed by atoms with Gasteiger partial charge in [-0.25, -0.2) is 0 Å². The second kappa shape index (κ2) is 14.9. The summed E-state index contributed by atoms with van der Waals surface area (Å²) in [7, 11) is 0. The van der Waals surface area contributed by atoms with Gasteiger partial charge in [0.25, 0.3) is 0 Å². The molecule has 2 fully saturated rings. The topological polar surface area (TPSA) is 70.9 Å². The van der Waals surface area contributed by atoms with Crippen LogP contribution in [0.25, 0.3) is 0 Å². The first-order valence-corrected chi connectivity index (χ1v) is 18.1. The molecule has 1 unspecified atom stereocenters. The van der Waals surface area contributed by atoms with Crippen LogP contribution in [-0.4, -0.2) is 81.5 Å². The van der Waals surface area contributed by atoms with Crippen LogP contribution in [0.4, 0.5) is 0 Å². The van der Waals surface area contributed by atoms with E-state index in [-0.39, 0.29) is 23.8 Å². The number of amides is 2. The van der Waals surface area contributed by atoms with Crippen molar-refractivity contribution in [3.8, 4) is 0 Å². The minimum absolute atomic E-state index is 0.0164. The average Bonchev–Trinajstić information content (AvgIpc) is 3.81. The number of nitrogens with zero attached hydrogens (tertiary/aromatic N) is 5. The number of halogens is 2. The highest BCUT2D eigenvalue weighted by Gasteiger charge is 2.43. The molecular weight excluding hydrogens is 690 g/mol. The van der Waals surface area contributed by atoms with Gasteiger partial charge in [0.15, 0.2) is 0 Å². The molecular formula is C38H41BrClN5O3. The van der Waals surface area contributed by atoms with E-state index in [2.05, 4.69) is 68.1 Å². The Morgan fingerprint density at radius 3 is 2.60 bits per heavy atom. The van der Waals surface area contributed by atoms with E-state index in [1.165, 1.54) is 11.1 Å². The van der Waals surface area contributed by atoms with Crippen LogP contribution >= 0.6 is 27.5 Å². The fraction of sp³-hybridized carbons (Fsp3) is 0.395. The number of benzene rings is 2. The minimum Gasteiger partial charge on any atom is -0.381 e. The Labute approximate surface area is 295 Å². The van der Waals surface area contributed by atoms with Crippen molar-refractivity contribution in [2.45, 2.75) is 50.9 Å². The highest BCUT2D eigenvalue weighted by Crippen LogP contribution is 2.39. The molecule has 3 atom stereocenters. The Morgan fingerprint density at radius 1 is 1.00 bits per heavy atom. The average molecular weight is 731 g/mol. The molecule has 2 aliphatic heterocycles. The molecule has 7 rings (SSSR count). The van der Waals surface area contributed by atoms with Crippen molar-refractivity contribution in [1.29, 1.82) is 0 Å². The zero-order valence-electron chi connectivity index (χ0n) is 27.0. The lowest BCUT2D eigenvalue weighted by molar-refractivity contribution is -0.152. The molecule has 0 N–H and O–H groups in total. The molecule has 10 heteroatoms. The van der Waals surface area contributed by atoms with E-state index in [1.54, 1.807) is 0 Å². The first-order valence-electron chi connectivity index (χ1n) is 16.9. The predicted octanol–water partition coefficient (Wildman–Crippen LogP) is 6.16. The number of carbonyl (C=O) groups is 2. The summed E-state index contributed by atoms with van der Waals surface area (Å²) >= 11 is 10.1. The summed E-state index contributed by atoms with van der Waals surface area (Å²) in [5, 5.41) is 0.714. The second-order valence-corrected chi connectivity index (χ2v) is 14.4. The third-order valence-corrected chi connectivity index (χ3v) is 10.6. The third-order valence-electron chi connectivity index (χ3n) is 9.95. The monoisotopic (exact) mass is 729 g/mol. The lowest BCUT2D eigenvalue weighted by Gasteiger charge is -2.45. The van der Waals surface area contributed by atoms with Gasteiger partial charge in [-0.15, -0.1) is 0 Å². The second-order valence-electron chi connectivity index (χ2n) is 13.1. The molecule has 0 bridgehead atoms. The zero-order chi connectivity index (χ0) is 33.0. The van der Waals surface area contributed by atoms with E-state index in [9.17, 15) is 9.59 Å². The SMILES string of the molecule is O=C([C@H]1CN([C@H]2c3ccc(Cl)cc3CCc3cc(Br)cnc32)CCN1C(=O)C1CCOC1)N(CCCn1cccc1)Cc1ccccc1. The Kier molecular flexibility index (Phi) is 10.3. The Bertz CT molecular complexity index is 1680. The Morgan fingerprint density at radius 2 is 1.81 bits per heavy atom. The van der Waals surface area contributed by atoms with Crippen LogP contribution in [0.2, 0.25) is 5.02 Å². The van der Waals surface area contributed by atoms with Crippen LogP contribution in [0.1, 0.15) is 46.8 Å². The number of fused-ring (bicyclic) bond motifs is 2. The summed E-state index contributed by atoms with van der Waals surface area (Å²) in [5.41, 5.74) is 5.61. The van der Waals surface area contributed by atoms with Gasteiger partial charge in [0.1, 0.15) is 6.04 Å². The van der Waals surface area contributed by atoms with Crippen molar-refractivity contribution in [2.75, 3.05) is 39.4 Å². The highest BCUT2D eigenvalue weighted by atomic mass is 79.9. The molecule has 48 heavy (non-hydrogen) atoms. The molecule has 2 saturated heterocycles. The largest absolute Gasteiger partial charge is 0.381 e. The summed E-state index contributed by atoms with van der Waals surface area (Å²) in [6, 6.07) is 21.7. The lowest BCUT2D eigenvalue weighted by atomic mass is 9.94. The van der Waals surface area contributed by atoms with Crippen molar-refractivity contribution in [2.24, 2.45) is 5.92 Å². The molecule has 3 aliphatic rings. The maximum atomic E-state index is 14.9. The molecule has 2 aromatic carbocycles. The van der Waals surface area contributed by atoms with E-state index in [0.717, 1.165) is 47.1 Å². The van der Waals surface area contributed by atoms with Crippen LogP contribution < -0.4 is 0 Å². The first kappa shape index (κ1) is 33.0. The van der Waals surface area contributed by atoms with Crippen molar-refractivity contribution in [3.63, 3.8) is 0 Å². The van der Waals surface area contributed by atoms with E-state index in [0.29, 0.717) is 57.4 Å². The van der Waals surface area contributed by atoms with E-state index in [4.69, 9.17) is 21.3 Å². The molecule has 2 aromatic heterocycles. The van der Waals surface area contributed by atoms with Crippen molar-refractivity contribution >= 4 is 39.3 Å². The van der Waals surface area contributed by atoms with Gasteiger partial charge >= 0.3 is 0 Å². The van der Waals surface area contributed by atoms with Crippen LogP contribution in [0.5, 0.6) is 0 Å². The first-order chi connectivity index (χ1) is 23.4. The summed E-state index contributed by atoms with van der Waals surface area (Å²) in [5.74, 6) is -0.214. The number of hydrogen-bond acceptors (Lipinski definition) is 5. The number of aryl methyl sites for hydroxylation is 3. The van der Waals surface area contributed by atoms with Crippen molar-refractivity contribution in [3.05, 3.63) is 123 Å². The standard InChI is InChI=1S/C38H41BrClN5O3/c39-31-21-29-10-9-28-22-32(40)11-12-33(28)36(35(29)41-23-31)43-18-19-45(37(46)30-13-20-48-26-30)34(25-43)38(47)44(24-27-7-2-1-3-8-27)17-6-16-42-14-4-5-15-42/h1-5,7-8,11-12,14-15,21-23,30,34,36H,6,9-10,13,16-20,24-26H2/t30?,34-,36+/m1/s1. The van der Waals surface area contributed by atoms with Gasteiger partial charge in [-0.3, -0.25) is 19.5 Å². The minimum atomic E-state index is -0.639. The van der Waals surface area contributed by atoms with Crippen LogP contribution in [-0.2, 0) is 40.3 Å². The molecule has 4 aromatic rings. The summed E-state index contributed by atoms with van der Waals surface area (Å²) < 4.78 is 8.72. The van der Waals surface area contributed by atoms with Gasteiger partial charge in [0.05, 0.1) is 24.3 Å². The van der Waals surface area contributed by atoms with Gasteiger partial charge in [0, 0.05) is 74.0 Å². The van der Waals surface area contributed by atoms with Crippen molar-refractivity contribution < 1.29 is 14.3 Å². The molecule has 2 amide bonds. The van der Waals surface area contributed by atoms with Gasteiger partial charge in [-0.2, -0.15) is 0 Å². The van der Waals surface area contributed by atoms with Crippen LogP contribution in [0, 0.1) is 5.92 Å². The van der Waals surface area contributed by atoms with Crippen LogP contribution in [0.3, 0.4) is 0 Å². The fourth-order valence-corrected chi connectivity index (χ4v) is 8.08. The molecule has 4 heterocycles. The van der Waals surface area contributed by atoms with Crippen molar-refractivity contribution in [1.82, 2.24) is 24.3 Å². The maximum Gasteiger partial charge on any atom is 0.247 e. The van der Waals surface area contributed by atoms with Gasteiger partial charge in [0.2, 0.25) is 11.8 Å². The quantitative estimate of drug-likeness (QED) is 0.207. The smallest absolute Gasteiger partial charge is 0.247 e. The molecule has 250 valence electrons. The Balaban J connectivity index is 1.23. The number of pyridine rings is 1. The number of piperazine rings is 1. The third kappa shape index (κ3) is 7.25. The number of aromatic nitrogens is 2. The van der Waals surface area contributed by atoms with E-state index < -0.39 is 6.04 Å².